The molecule has 176 valence electrons. The molecule has 3 aromatic heterocycles. The lowest BCUT2D eigenvalue weighted by Gasteiger charge is -2.11. The molecule has 0 radical (unpaired) electrons. The Morgan fingerprint density at radius 3 is 2.83 bits per heavy atom. The number of hydrogen-bond acceptors (Lipinski definition) is 6. The lowest BCUT2D eigenvalue weighted by Crippen LogP contribution is -2.20. The number of urea groups is 1. The monoisotopic (exact) mass is 496 g/mol. The summed E-state index contributed by atoms with van der Waals surface area (Å²) in [6, 6.07) is 9.51. The molecule has 2 amide bonds. The van der Waals surface area contributed by atoms with Crippen LogP contribution in [0.2, 0.25) is 5.02 Å². The van der Waals surface area contributed by atoms with Gasteiger partial charge in [0.1, 0.15) is 11.4 Å². The van der Waals surface area contributed by atoms with Crippen molar-refractivity contribution in [2.24, 2.45) is 0 Å². The van der Waals surface area contributed by atoms with Crippen molar-refractivity contribution in [1.82, 2.24) is 30.2 Å². The van der Waals surface area contributed by atoms with Crippen LogP contribution in [-0.2, 0) is 0 Å². The molecule has 0 bridgehead atoms. The Hall–Kier alpha value is -4.58. The van der Waals surface area contributed by atoms with E-state index in [2.05, 4.69) is 36.1 Å². The number of aromatic nitrogens is 6. The third-order valence-corrected chi connectivity index (χ3v) is 5.23. The number of H-pyrrole nitrogens is 1. The van der Waals surface area contributed by atoms with E-state index in [1.54, 1.807) is 24.3 Å². The fourth-order valence-electron chi connectivity index (χ4n) is 3.38. The first kappa shape index (κ1) is 22.2. The Balaban J connectivity index is 1.43. The molecule has 0 atom stereocenters. The first-order chi connectivity index (χ1) is 16.9. The Morgan fingerprint density at radius 2 is 2.03 bits per heavy atom. The van der Waals surface area contributed by atoms with Crippen LogP contribution in [0.1, 0.15) is 0 Å². The third-order valence-electron chi connectivity index (χ3n) is 4.99. The van der Waals surface area contributed by atoms with Gasteiger partial charge in [-0.15, -0.1) is 10.2 Å². The van der Waals surface area contributed by atoms with E-state index in [1.165, 1.54) is 25.6 Å². The van der Waals surface area contributed by atoms with Gasteiger partial charge in [-0.05, 0) is 36.4 Å². The van der Waals surface area contributed by atoms with Crippen LogP contribution in [-0.4, -0.2) is 43.3 Å². The van der Waals surface area contributed by atoms with E-state index in [1.807, 2.05) is 0 Å². The molecule has 5 rings (SSSR count). The van der Waals surface area contributed by atoms with Crippen molar-refractivity contribution in [3.05, 3.63) is 71.5 Å². The zero-order valence-corrected chi connectivity index (χ0v) is 18.6. The second kappa shape index (κ2) is 8.99. The molecular formula is C22H15ClF2N8O2. The van der Waals surface area contributed by atoms with Gasteiger partial charge in [0.15, 0.2) is 17.3 Å². The SMILES string of the molecule is COc1n[nH]c2ncc(-c3cn(-c4c(F)ccc(NC(=O)Nc5cccc(Cl)c5)c4F)nn3)cc12. The van der Waals surface area contributed by atoms with Crippen LogP contribution in [0, 0.1) is 11.6 Å². The molecule has 0 saturated carbocycles. The molecule has 13 heteroatoms. The normalized spacial score (nSPS) is 11.0. The molecule has 0 unspecified atom stereocenters. The van der Waals surface area contributed by atoms with E-state index in [4.69, 9.17) is 16.3 Å². The molecule has 35 heavy (non-hydrogen) atoms. The van der Waals surface area contributed by atoms with Gasteiger partial charge in [-0.2, -0.15) is 0 Å². The maximum atomic E-state index is 15.2. The second-order valence-electron chi connectivity index (χ2n) is 7.25. The Bertz CT molecular complexity index is 1570. The zero-order valence-electron chi connectivity index (χ0n) is 17.9. The number of methoxy groups -OCH3 is 1. The molecule has 0 saturated heterocycles. The summed E-state index contributed by atoms with van der Waals surface area (Å²) >= 11 is 5.90. The number of carbonyl (C=O) groups excluding carboxylic acids is 1. The zero-order chi connectivity index (χ0) is 24.5. The van der Waals surface area contributed by atoms with Crippen LogP contribution in [0.25, 0.3) is 28.0 Å². The maximum absolute atomic E-state index is 15.2. The van der Waals surface area contributed by atoms with Gasteiger partial charge in [-0.3, -0.25) is 5.10 Å². The smallest absolute Gasteiger partial charge is 0.323 e. The average molecular weight is 497 g/mol. The van der Waals surface area contributed by atoms with Crippen LogP contribution in [0.15, 0.2) is 54.9 Å². The van der Waals surface area contributed by atoms with Crippen LogP contribution in [0.4, 0.5) is 25.0 Å². The summed E-state index contributed by atoms with van der Waals surface area (Å²) in [7, 11) is 1.47. The van der Waals surface area contributed by atoms with E-state index in [0.29, 0.717) is 38.9 Å². The lowest BCUT2D eigenvalue weighted by atomic mass is 10.2. The highest BCUT2D eigenvalue weighted by Gasteiger charge is 2.20. The van der Waals surface area contributed by atoms with Gasteiger partial charge >= 0.3 is 6.03 Å². The maximum Gasteiger partial charge on any atom is 0.323 e. The molecule has 0 aliphatic carbocycles. The first-order valence-electron chi connectivity index (χ1n) is 10.1. The van der Waals surface area contributed by atoms with Gasteiger partial charge in [0.05, 0.1) is 24.4 Å². The minimum atomic E-state index is -1.03. The second-order valence-corrected chi connectivity index (χ2v) is 7.68. The number of rotatable bonds is 5. The summed E-state index contributed by atoms with van der Waals surface area (Å²) in [4.78, 5) is 16.6. The van der Waals surface area contributed by atoms with Gasteiger partial charge in [0.25, 0.3) is 0 Å². The van der Waals surface area contributed by atoms with Gasteiger partial charge in [0.2, 0.25) is 5.88 Å². The topological polar surface area (TPSA) is 123 Å². The Labute approximate surface area is 200 Å². The van der Waals surface area contributed by atoms with Crippen molar-refractivity contribution in [1.29, 1.82) is 0 Å². The number of nitrogens with one attached hydrogen (secondary N) is 3. The highest BCUT2D eigenvalue weighted by Crippen LogP contribution is 2.28. The summed E-state index contributed by atoms with van der Waals surface area (Å²) in [5, 5.41) is 20.5. The first-order valence-corrected chi connectivity index (χ1v) is 10.4. The highest BCUT2D eigenvalue weighted by molar-refractivity contribution is 6.30. The number of anilines is 2. The highest BCUT2D eigenvalue weighted by atomic mass is 35.5. The number of pyridine rings is 1. The van der Waals surface area contributed by atoms with E-state index in [-0.39, 0.29) is 5.69 Å². The molecule has 3 heterocycles. The van der Waals surface area contributed by atoms with Crippen molar-refractivity contribution in [2.45, 2.75) is 0 Å². The van der Waals surface area contributed by atoms with E-state index >= 15 is 4.39 Å². The van der Waals surface area contributed by atoms with Gasteiger partial charge in [0, 0.05) is 22.5 Å². The fourth-order valence-corrected chi connectivity index (χ4v) is 3.57. The van der Waals surface area contributed by atoms with Crippen molar-refractivity contribution in [3.8, 4) is 22.8 Å². The third kappa shape index (κ3) is 4.34. The van der Waals surface area contributed by atoms with Crippen LogP contribution in [0.3, 0.4) is 0 Å². The summed E-state index contributed by atoms with van der Waals surface area (Å²) < 4.78 is 36.0. The summed E-state index contributed by atoms with van der Waals surface area (Å²) in [6.07, 6.45) is 2.85. The van der Waals surface area contributed by atoms with Gasteiger partial charge in [-0.25, -0.2) is 23.2 Å². The largest absolute Gasteiger partial charge is 0.479 e. The molecule has 5 aromatic rings. The molecule has 2 aromatic carbocycles. The molecule has 0 spiro atoms. The number of aromatic amines is 1. The van der Waals surface area contributed by atoms with Crippen molar-refractivity contribution < 1.29 is 18.3 Å². The molecule has 10 nitrogen and oxygen atoms in total. The number of nitrogens with zero attached hydrogens (tertiary/aromatic N) is 5. The Kier molecular flexibility index (Phi) is 5.71. The lowest BCUT2D eigenvalue weighted by molar-refractivity contribution is 0.262. The molecule has 0 aliphatic rings. The molecular weight excluding hydrogens is 482 g/mol. The van der Waals surface area contributed by atoms with E-state index in [0.717, 1.165) is 16.8 Å². The van der Waals surface area contributed by atoms with Gasteiger partial charge < -0.3 is 15.4 Å². The molecule has 3 N–H and O–H groups in total. The Morgan fingerprint density at radius 1 is 1.17 bits per heavy atom. The predicted molar refractivity (Wildman–Crippen MR) is 125 cm³/mol. The number of amides is 2. The number of fused-ring (bicyclic) bond motifs is 1. The number of halogens is 3. The quantitative estimate of drug-likeness (QED) is 0.321. The minimum absolute atomic E-state index is 0.260. The minimum Gasteiger partial charge on any atom is -0.479 e. The summed E-state index contributed by atoms with van der Waals surface area (Å²) in [5.41, 5.74) is 0.963. The van der Waals surface area contributed by atoms with Crippen LogP contribution >= 0.6 is 11.6 Å². The number of benzene rings is 2. The summed E-state index contributed by atoms with van der Waals surface area (Å²) in [5.74, 6) is -1.59. The number of ether oxygens (including phenoxy) is 1. The van der Waals surface area contributed by atoms with Crippen LogP contribution in [0.5, 0.6) is 5.88 Å². The average Bonchev–Trinajstić information content (AvgIpc) is 3.48. The predicted octanol–water partition coefficient (Wildman–Crippen LogP) is 4.79. The van der Waals surface area contributed by atoms with E-state index in [9.17, 15) is 9.18 Å². The fraction of sp³-hybridized carbons (Fsp3) is 0.0455. The van der Waals surface area contributed by atoms with E-state index < -0.39 is 23.4 Å². The molecule has 0 fully saturated rings. The van der Waals surface area contributed by atoms with Crippen molar-refractivity contribution in [2.75, 3.05) is 17.7 Å². The number of carbonyl (C=O) groups is 1. The number of hydrogen-bond donors (Lipinski definition) is 3. The van der Waals surface area contributed by atoms with Gasteiger partial charge in [-0.1, -0.05) is 22.9 Å². The summed E-state index contributed by atoms with van der Waals surface area (Å²) in [6.45, 7) is 0. The van der Waals surface area contributed by atoms with Crippen LogP contribution < -0.4 is 15.4 Å². The molecule has 0 aliphatic heterocycles. The standard InChI is InChI=1S/C22H15ClF2N8O2/c1-35-21-14-7-11(9-26-20(14)30-31-21)17-10-33(32-29-17)19-15(24)5-6-16(18(19)25)28-22(34)27-13-4-2-3-12(23)8-13/h2-10H,1H3,(H,26,30,31)(H2,27,28,34). The van der Waals surface area contributed by atoms with Crippen molar-refractivity contribution in [3.63, 3.8) is 0 Å². The van der Waals surface area contributed by atoms with Crippen molar-refractivity contribution >= 4 is 40.0 Å².